The van der Waals surface area contributed by atoms with Crippen molar-refractivity contribution in [2.45, 2.75) is 6.54 Å². The van der Waals surface area contributed by atoms with Gasteiger partial charge in [0.2, 0.25) is 0 Å². The van der Waals surface area contributed by atoms with Crippen LogP contribution >= 0.6 is 0 Å². The molecule has 6 nitrogen and oxygen atoms in total. The number of anilines is 2. The molecule has 3 heterocycles. The first-order valence-electron chi connectivity index (χ1n) is 9.59. The molecule has 0 bridgehead atoms. The van der Waals surface area contributed by atoms with Crippen molar-refractivity contribution >= 4 is 17.4 Å². The normalized spacial score (nSPS) is 14.8. The van der Waals surface area contributed by atoms with E-state index in [2.05, 4.69) is 21.8 Å². The monoisotopic (exact) mass is 394 g/mol. The summed E-state index contributed by atoms with van der Waals surface area (Å²) in [5.41, 5.74) is 1.48. The van der Waals surface area contributed by atoms with Crippen molar-refractivity contribution < 1.29 is 13.6 Å². The number of furan rings is 1. The fourth-order valence-corrected chi connectivity index (χ4v) is 3.35. The minimum Gasteiger partial charge on any atom is -0.459 e. The molecule has 1 amide bonds. The predicted octanol–water partition coefficient (Wildman–Crippen LogP) is 3.41. The maximum Gasteiger partial charge on any atom is 0.294 e. The molecule has 1 saturated heterocycles. The zero-order valence-electron chi connectivity index (χ0n) is 16.3. The highest BCUT2D eigenvalue weighted by molar-refractivity contribution is 6.04. The largest absolute Gasteiger partial charge is 0.459 e. The lowest BCUT2D eigenvalue weighted by atomic mass is 10.2. The Bertz CT molecular complexity index is 934. The van der Waals surface area contributed by atoms with Gasteiger partial charge in [-0.1, -0.05) is 6.07 Å². The first kappa shape index (κ1) is 19.1. The van der Waals surface area contributed by atoms with Gasteiger partial charge in [0.05, 0.1) is 12.8 Å². The Morgan fingerprint density at radius 1 is 1.10 bits per heavy atom. The molecule has 3 aromatic rings. The Hall–Kier alpha value is -3.19. The molecule has 7 heteroatoms. The third-order valence-corrected chi connectivity index (χ3v) is 5.09. The van der Waals surface area contributed by atoms with Crippen LogP contribution in [0.15, 0.2) is 65.4 Å². The van der Waals surface area contributed by atoms with Gasteiger partial charge in [0, 0.05) is 38.1 Å². The van der Waals surface area contributed by atoms with Crippen molar-refractivity contribution in [1.29, 1.82) is 0 Å². The highest BCUT2D eigenvalue weighted by Crippen LogP contribution is 2.22. The molecule has 0 N–H and O–H groups in total. The third-order valence-electron chi connectivity index (χ3n) is 5.09. The maximum absolute atomic E-state index is 13.4. The van der Waals surface area contributed by atoms with Gasteiger partial charge in [-0.3, -0.25) is 4.79 Å². The van der Waals surface area contributed by atoms with E-state index in [0.717, 1.165) is 37.6 Å². The van der Waals surface area contributed by atoms with E-state index in [1.807, 2.05) is 12.1 Å². The lowest BCUT2D eigenvalue weighted by Gasteiger charge is -2.33. The quantitative estimate of drug-likeness (QED) is 0.664. The molecule has 1 aliphatic rings. The van der Waals surface area contributed by atoms with Crippen molar-refractivity contribution in [2.24, 2.45) is 0 Å². The number of hydrogen-bond donors (Lipinski definition) is 0. The molecule has 1 fully saturated rings. The van der Waals surface area contributed by atoms with Crippen molar-refractivity contribution in [3.05, 3.63) is 78.1 Å². The van der Waals surface area contributed by atoms with E-state index >= 15 is 0 Å². The third kappa shape index (κ3) is 4.46. The van der Waals surface area contributed by atoms with Gasteiger partial charge in [-0.2, -0.15) is 0 Å². The van der Waals surface area contributed by atoms with Gasteiger partial charge in [0.25, 0.3) is 5.91 Å². The van der Waals surface area contributed by atoms with Gasteiger partial charge >= 0.3 is 0 Å². The van der Waals surface area contributed by atoms with E-state index in [1.54, 1.807) is 35.4 Å². The van der Waals surface area contributed by atoms with E-state index in [1.165, 1.54) is 18.4 Å². The van der Waals surface area contributed by atoms with Crippen LogP contribution in [0.2, 0.25) is 0 Å². The van der Waals surface area contributed by atoms with Crippen LogP contribution in [0.3, 0.4) is 0 Å². The van der Waals surface area contributed by atoms with E-state index in [-0.39, 0.29) is 17.5 Å². The molecule has 0 spiro atoms. The molecule has 0 atom stereocenters. The summed E-state index contributed by atoms with van der Waals surface area (Å²) in [5, 5.41) is 0. The van der Waals surface area contributed by atoms with Gasteiger partial charge in [0.15, 0.2) is 5.76 Å². The molecule has 0 aliphatic carbocycles. The van der Waals surface area contributed by atoms with E-state index in [0.29, 0.717) is 12.2 Å². The van der Waals surface area contributed by atoms with E-state index in [9.17, 15) is 9.18 Å². The number of aromatic nitrogens is 1. The van der Waals surface area contributed by atoms with E-state index < -0.39 is 0 Å². The average molecular weight is 394 g/mol. The number of halogens is 1. The summed E-state index contributed by atoms with van der Waals surface area (Å²) in [6, 6.07) is 13.1. The summed E-state index contributed by atoms with van der Waals surface area (Å²) in [6.45, 7) is 4.23. The topological polar surface area (TPSA) is 52.8 Å². The fraction of sp³-hybridized carbons (Fsp3) is 0.273. The number of nitrogens with zero attached hydrogens (tertiary/aromatic N) is 4. The standard InChI is InChI=1S/C22H23FN4O2/c1-25-10-12-26(13-11-25)21-9-4-17(15-24-21)16-27(19-7-5-18(23)6-8-19)22(28)20-3-2-14-29-20/h2-9,14-15H,10-13,16H2,1H3. The van der Waals surface area contributed by atoms with Gasteiger partial charge in [-0.25, -0.2) is 9.37 Å². The fourth-order valence-electron chi connectivity index (χ4n) is 3.35. The molecule has 0 saturated carbocycles. The maximum atomic E-state index is 13.4. The first-order chi connectivity index (χ1) is 14.1. The molecule has 0 unspecified atom stereocenters. The summed E-state index contributed by atoms with van der Waals surface area (Å²) in [4.78, 5) is 23.7. The summed E-state index contributed by atoms with van der Waals surface area (Å²) in [6.07, 6.45) is 3.25. The number of likely N-dealkylation sites (N-methyl/N-ethyl adjacent to an activating group) is 1. The molecule has 150 valence electrons. The van der Waals surface area contributed by atoms with Gasteiger partial charge < -0.3 is 19.1 Å². The predicted molar refractivity (Wildman–Crippen MR) is 110 cm³/mol. The molecular formula is C22H23FN4O2. The number of carbonyl (C=O) groups is 1. The Kier molecular flexibility index (Phi) is 5.57. The number of pyridine rings is 1. The Labute approximate surface area is 169 Å². The SMILES string of the molecule is CN1CCN(c2ccc(CN(C(=O)c3ccco3)c3ccc(F)cc3)cn2)CC1. The smallest absolute Gasteiger partial charge is 0.294 e. The number of carbonyl (C=O) groups excluding carboxylic acids is 1. The molecule has 1 aliphatic heterocycles. The molecule has 29 heavy (non-hydrogen) atoms. The molecule has 1 aromatic carbocycles. The highest BCUT2D eigenvalue weighted by atomic mass is 19.1. The van der Waals surface area contributed by atoms with Crippen LogP contribution < -0.4 is 9.80 Å². The van der Waals surface area contributed by atoms with Crippen molar-refractivity contribution in [2.75, 3.05) is 43.0 Å². The molecular weight excluding hydrogens is 371 g/mol. The van der Waals surface area contributed by atoms with Crippen LogP contribution in [-0.2, 0) is 6.54 Å². The molecule has 4 rings (SSSR count). The number of piperazine rings is 1. The van der Waals surface area contributed by atoms with Gasteiger partial charge in [-0.15, -0.1) is 0 Å². The van der Waals surface area contributed by atoms with E-state index in [4.69, 9.17) is 4.42 Å². The minimum absolute atomic E-state index is 0.233. The lowest BCUT2D eigenvalue weighted by molar-refractivity contribution is 0.0958. The second-order valence-electron chi connectivity index (χ2n) is 7.16. The zero-order chi connectivity index (χ0) is 20.2. The Morgan fingerprint density at radius 3 is 2.48 bits per heavy atom. The number of rotatable bonds is 5. The number of amides is 1. The second-order valence-corrected chi connectivity index (χ2v) is 7.16. The van der Waals surface area contributed by atoms with Crippen LogP contribution in [-0.4, -0.2) is 49.0 Å². The van der Waals surface area contributed by atoms with Crippen LogP contribution in [0.25, 0.3) is 0 Å². The number of benzene rings is 1. The van der Waals surface area contributed by atoms with Crippen LogP contribution in [0.1, 0.15) is 16.1 Å². The summed E-state index contributed by atoms with van der Waals surface area (Å²) < 4.78 is 18.6. The molecule has 0 radical (unpaired) electrons. The number of hydrogen-bond acceptors (Lipinski definition) is 5. The molecule has 2 aromatic heterocycles. The highest BCUT2D eigenvalue weighted by Gasteiger charge is 2.21. The Morgan fingerprint density at radius 2 is 1.86 bits per heavy atom. The van der Waals surface area contributed by atoms with Crippen LogP contribution in [0, 0.1) is 5.82 Å². The van der Waals surface area contributed by atoms with Crippen molar-refractivity contribution in [3.8, 4) is 0 Å². The zero-order valence-corrected chi connectivity index (χ0v) is 16.3. The first-order valence-corrected chi connectivity index (χ1v) is 9.59. The summed E-state index contributed by atoms with van der Waals surface area (Å²) in [7, 11) is 2.12. The second kappa shape index (κ2) is 8.45. The van der Waals surface area contributed by atoms with Gasteiger partial charge in [-0.05, 0) is 55.1 Å². The van der Waals surface area contributed by atoms with Crippen LogP contribution in [0.5, 0.6) is 0 Å². The minimum atomic E-state index is -0.350. The summed E-state index contributed by atoms with van der Waals surface area (Å²) in [5.74, 6) is 0.533. The van der Waals surface area contributed by atoms with Gasteiger partial charge in [0.1, 0.15) is 11.6 Å². The summed E-state index contributed by atoms with van der Waals surface area (Å²) >= 11 is 0. The average Bonchev–Trinajstić information content (AvgIpc) is 3.28. The van der Waals surface area contributed by atoms with Crippen LogP contribution in [0.4, 0.5) is 15.9 Å². The Balaban J connectivity index is 1.54. The lowest BCUT2D eigenvalue weighted by Crippen LogP contribution is -2.44. The van der Waals surface area contributed by atoms with Crippen molar-refractivity contribution in [1.82, 2.24) is 9.88 Å². The van der Waals surface area contributed by atoms with Crippen molar-refractivity contribution in [3.63, 3.8) is 0 Å².